The maximum Gasteiger partial charge on any atom is 0.413 e. The third-order valence-electron chi connectivity index (χ3n) is 5.18. The lowest BCUT2D eigenvalue weighted by Gasteiger charge is -2.28. The highest BCUT2D eigenvalue weighted by Crippen LogP contribution is 2.41. The van der Waals surface area contributed by atoms with Crippen molar-refractivity contribution in [3.8, 4) is 0 Å². The monoisotopic (exact) mass is 453 g/mol. The largest absolute Gasteiger partial charge is 0.444 e. The number of pyridine rings is 4. The number of hydrogen-bond donors (Lipinski definition) is 1. The number of hydrogen-bond acceptors (Lipinski definition) is 6. The summed E-state index contributed by atoms with van der Waals surface area (Å²) >= 11 is 0. The van der Waals surface area contributed by atoms with Gasteiger partial charge in [-0.05, 0) is 67.8 Å². The van der Waals surface area contributed by atoms with Crippen molar-refractivity contribution in [2.45, 2.75) is 38.2 Å². The molecule has 4 aromatic heterocycles. The third kappa shape index (κ3) is 5.81. The average molecular weight is 454 g/mol. The lowest BCUT2D eigenvalue weighted by atomic mass is 9.76. The van der Waals surface area contributed by atoms with Crippen molar-refractivity contribution in [2.24, 2.45) is 0 Å². The highest BCUT2D eigenvalue weighted by molar-refractivity contribution is 5.83. The summed E-state index contributed by atoms with van der Waals surface area (Å²) in [7, 11) is 0. The van der Waals surface area contributed by atoms with Crippen LogP contribution in [0, 0.1) is 0 Å². The van der Waals surface area contributed by atoms with Crippen molar-refractivity contribution in [2.75, 3.05) is 5.32 Å². The first-order chi connectivity index (χ1) is 16.4. The Kier molecular flexibility index (Phi) is 6.92. The van der Waals surface area contributed by atoms with Gasteiger partial charge < -0.3 is 4.74 Å². The first-order valence-corrected chi connectivity index (χ1v) is 11.1. The summed E-state index contributed by atoms with van der Waals surface area (Å²) in [6.45, 7) is 5.46. The van der Waals surface area contributed by atoms with Gasteiger partial charge >= 0.3 is 6.09 Å². The van der Waals surface area contributed by atoms with E-state index >= 15 is 0 Å². The molecule has 7 heteroatoms. The highest BCUT2D eigenvalue weighted by atomic mass is 16.6. The van der Waals surface area contributed by atoms with E-state index in [1.807, 2.05) is 75.8 Å². The van der Waals surface area contributed by atoms with Gasteiger partial charge in [0.25, 0.3) is 0 Å². The van der Waals surface area contributed by atoms with Crippen molar-refractivity contribution in [3.63, 3.8) is 0 Å². The van der Waals surface area contributed by atoms with E-state index in [0.717, 1.165) is 22.4 Å². The van der Waals surface area contributed by atoms with E-state index in [-0.39, 0.29) is 11.8 Å². The molecule has 0 saturated carbocycles. The first-order valence-electron chi connectivity index (χ1n) is 11.1. The van der Waals surface area contributed by atoms with Crippen LogP contribution in [0.15, 0.2) is 91.8 Å². The van der Waals surface area contributed by atoms with Crippen LogP contribution >= 0.6 is 0 Å². The van der Waals surface area contributed by atoms with Gasteiger partial charge in [0.05, 0.1) is 5.69 Å². The summed E-state index contributed by atoms with van der Waals surface area (Å²) in [5, 5.41) is 2.75. The molecule has 4 rings (SSSR count). The van der Waals surface area contributed by atoms with Crippen molar-refractivity contribution in [1.82, 2.24) is 19.9 Å². The molecule has 4 heterocycles. The molecule has 0 radical (unpaired) electrons. The Morgan fingerprint density at radius 3 is 1.76 bits per heavy atom. The molecule has 0 fully saturated rings. The lowest BCUT2D eigenvalue weighted by molar-refractivity contribution is 0.0635. The SMILES string of the molecule is CC(C)(C)OC(=O)Nc1cccc(C(c2cccnc2)C(c2cccnc2)c2cccnc2)n1. The van der Waals surface area contributed by atoms with E-state index in [0.29, 0.717) is 5.82 Å². The predicted octanol–water partition coefficient (Wildman–Crippen LogP) is 5.58. The average Bonchev–Trinajstić information content (AvgIpc) is 2.83. The van der Waals surface area contributed by atoms with E-state index in [1.54, 1.807) is 24.7 Å². The van der Waals surface area contributed by atoms with Crippen LogP contribution in [-0.2, 0) is 4.74 Å². The normalized spacial score (nSPS) is 12.2. The molecular weight excluding hydrogens is 426 g/mol. The molecule has 0 bridgehead atoms. The minimum absolute atomic E-state index is 0.129. The van der Waals surface area contributed by atoms with E-state index in [4.69, 9.17) is 9.72 Å². The van der Waals surface area contributed by atoms with Gasteiger partial charge in [0.2, 0.25) is 0 Å². The summed E-state index contributed by atoms with van der Waals surface area (Å²) in [6, 6.07) is 17.5. The molecule has 0 aliphatic carbocycles. The zero-order valence-electron chi connectivity index (χ0n) is 19.4. The topological polar surface area (TPSA) is 89.9 Å². The smallest absolute Gasteiger partial charge is 0.413 e. The van der Waals surface area contributed by atoms with Gasteiger partial charge in [0.1, 0.15) is 11.4 Å². The number of nitrogens with zero attached hydrogens (tertiary/aromatic N) is 4. The van der Waals surface area contributed by atoms with Gasteiger partial charge in [-0.2, -0.15) is 0 Å². The second-order valence-electron chi connectivity index (χ2n) is 8.89. The summed E-state index contributed by atoms with van der Waals surface area (Å²) in [5.74, 6) is 0.0788. The molecule has 4 aromatic rings. The maximum absolute atomic E-state index is 12.4. The fraction of sp³-hybridized carbons (Fsp3) is 0.222. The number of rotatable bonds is 6. The van der Waals surface area contributed by atoms with Crippen molar-refractivity contribution in [1.29, 1.82) is 0 Å². The first kappa shape index (κ1) is 23.0. The number of carbonyl (C=O) groups is 1. The number of amides is 1. The molecule has 1 amide bonds. The molecular formula is C27H27N5O2. The summed E-state index contributed by atoms with van der Waals surface area (Å²) < 4.78 is 5.40. The van der Waals surface area contributed by atoms with Crippen molar-refractivity contribution in [3.05, 3.63) is 114 Å². The molecule has 0 spiro atoms. The maximum atomic E-state index is 12.4. The Hall–Kier alpha value is -4.13. The molecule has 1 unspecified atom stereocenters. The zero-order valence-corrected chi connectivity index (χ0v) is 19.4. The molecule has 1 N–H and O–H groups in total. The van der Waals surface area contributed by atoms with Crippen LogP contribution in [0.4, 0.5) is 10.6 Å². The molecule has 34 heavy (non-hydrogen) atoms. The van der Waals surface area contributed by atoms with Gasteiger partial charge in [-0.3, -0.25) is 20.3 Å². The van der Waals surface area contributed by atoms with Crippen LogP contribution in [0.2, 0.25) is 0 Å². The van der Waals surface area contributed by atoms with Crippen LogP contribution in [0.1, 0.15) is 55.0 Å². The van der Waals surface area contributed by atoms with E-state index in [2.05, 4.69) is 32.4 Å². The van der Waals surface area contributed by atoms with E-state index in [9.17, 15) is 4.79 Å². The summed E-state index contributed by atoms with van der Waals surface area (Å²) in [4.78, 5) is 30.3. The third-order valence-corrected chi connectivity index (χ3v) is 5.18. The predicted molar refractivity (Wildman–Crippen MR) is 130 cm³/mol. The van der Waals surface area contributed by atoms with Crippen molar-refractivity contribution < 1.29 is 9.53 Å². The fourth-order valence-electron chi connectivity index (χ4n) is 3.89. The second-order valence-corrected chi connectivity index (χ2v) is 8.89. The van der Waals surface area contributed by atoms with Crippen LogP contribution < -0.4 is 5.32 Å². The molecule has 172 valence electrons. The summed E-state index contributed by atoms with van der Waals surface area (Å²) in [5.41, 5.74) is 3.21. The van der Waals surface area contributed by atoms with Gasteiger partial charge in [0, 0.05) is 49.0 Å². The Balaban J connectivity index is 1.80. The van der Waals surface area contributed by atoms with Gasteiger partial charge in [-0.15, -0.1) is 0 Å². The van der Waals surface area contributed by atoms with E-state index < -0.39 is 11.7 Å². The quantitative estimate of drug-likeness (QED) is 0.410. The Labute approximate surface area is 199 Å². The summed E-state index contributed by atoms with van der Waals surface area (Å²) in [6.07, 6.45) is 10.3. The van der Waals surface area contributed by atoms with Crippen LogP contribution in [0.5, 0.6) is 0 Å². The molecule has 1 atom stereocenters. The number of aromatic nitrogens is 4. The minimum Gasteiger partial charge on any atom is -0.444 e. The molecule has 0 aromatic carbocycles. The Bertz CT molecular complexity index is 1170. The number of nitrogens with one attached hydrogen (secondary N) is 1. The Morgan fingerprint density at radius 2 is 1.29 bits per heavy atom. The van der Waals surface area contributed by atoms with E-state index in [1.165, 1.54) is 0 Å². The Morgan fingerprint density at radius 1 is 0.765 bits per heavy atom. The number of carbonyl (C=O) groups excluding carboxylic acids is 1. The molecule has 0 aliphatic heterocycles. The number of ether oxygens (including phenoxy) is 1. The van der Waals surface area contributed by atoms with Gasteiger partial charge in [0.15, 0.2) is 0 Å². The second kappa shape index (κ2) is 10.2. The van der Waals surface area contributed by atoms with Gasteiger partial charge in [-0.25, -0.2) is 9.78 Å². The molecule has 0 aliphatic rings. The molecule has 0 saturated heterocycles. The number of anilines is 1. The molecule has 7 nitrogen and oxygen atoms in total. The van der Waals surface area contributed by atoms with Crippen LogP contribution in [-0.4, -0.2) is 31.6 Å². The lowest BCUT2D eigenvalue weighted by Crippen LogP contribution is -2.27. The minimum atomic E-state index is -0.606. The van der Waals surface area contributed by atoms with Crippen LogP contribution in [0.3, 0.4) is 0 Å². The standard InChI is InChI=1S/C27H27N5O2/c1-27(2,3)34-26(33)32-23-12-4-11-22(31-23)25(21-10-7-15-30-18-21)24(19-8-5-13-28-16-19)20-9-6-14-29-17-20/h4-18,24-25H,1-3H3,(H,31,32,33). The van der Waals surface area contributed by atoms with Gasteiger partial charge in [-0.1, -0.05) is 24.3 Å². The fourth-order valence-corrected chi connectivity index (χ4v) is 3.89. The van der Waals surface area contributed by atoms with Crippen molar-refractivity contribution >= 4 is 11.9 Å². The highest BCUT2D eigenvalue weighted by Gasteiger charge is 2.30. The zero-order chi connectivity index (χ0) is 24.0. The van der Waals surface area contributed by atoms with Crippen LogP contribution in [0.25, 0.3) is 0 Å².